The molecule has 1 aromatic carbocycles. The number of carbonyl (C=O) groups excluding carboxylic acids is 1. The van der Waals surface area contributed by atoms with Gasteiger partial charge in [-0.25, -0.2) is 0 Å². The van der Waals surface area contributed by atoms with Crippen molar-refractivity contribution in [3.05, 3.63) is 51.7 Å². The summed E-state index contributed by atoms with van der Waals surface area (Å²) in [5, 5.41) is 12.4. The first-order valence-electron chi connectivity index (χ1n) is 11.6. The Hall–Kier alpha value is -1.93. The molecule has 0 radical (unpaired) electrons. The number of nitrogens with zero attached hydrogens (tertiary/aromatic N) is 2. The minimum absolute atomic E-state index is 0.0904. The Morgan fingerprint density at radius 1 is 1.34 bits per heavy atom. The Morgan fingerprint density at radius 2 is 2.19 bits per heavy atom. The highest BCUT2D eigenvalue weighted by Crippen LogP contribution is 2.35. The van der Waals surface area contributed by atoms with E-state index in [4.69, 9.17) is 9.47 Å². The number of ether oxygens (including phenoxy) is 2. The summed E-state index contributed by atoms with van der Waals surface area (Å²) in [6.07, 6.45) is 2.48. The molecule has 1 amide bonds. The zero-order valence-electron chi connectivity index (χ0n) is 19.0. The predicted molar refractivity (Wildman–Crippen MR) is 126 cm³/mol. The Morgan fingerprint density at radius 3 is 2.94 bits per heavy atom. The normalized spacial score (nSPS) is 19.1. The molecule has 7 heteroatoms. The van der Waals surface area contributed by atoms with E-state index in [1.807, 2.05) is 43.0 Å². The van der Waals surface area contributed by atoms with Crippen LogP contribution in [0.4, 0.5) is 0 Å². The third kappa shape index (κ3) is 5.90. The van der Waals surface area contributed by atoms with Gasteiger partial charge in [-0.2, -0.15) is 0 Å². The fourth-order valence-corrected chi connectivity index (χ4v) is 5.31. The first-order valence-corrected chi connectivity index (χ1v) is 12.5. The third-order valence-electron chi connectivity index (χ3n) is 6.17. The van der Waals surface area contributed by atoms with E-state index < -0.39 is 6.10 Å². The van der Waals surface area contributed by atoms with Crippen LogP contribution in [0.15, 0.2) is 35.7 Å². The van der Waals surface area contributed by atoms with Crippen molar-refractivity contribution in [2.24, 2.45) is 0 Å². The van der Waals surface area contributed by atoms with Crippen LogP contribution < -0.4 is 4.74 Å². The second-order valence-electron chi connectivity index (χ2n) is 8.75. The number of hydrogen-bond donors (Lipinski definition) is 1. The van der Waals surface area contributed by atoms with Gasteiger partial charge in [-0.3, -0.25) is 9.69 Å². The minimum Gasteiger partial charge on any atom is -0.491 e. The molecule has 6 nitrogen and oxygen atoms in total. The molecule has 0 bridgehead atoms. The molecular formula is C25H34N2O4S. The molecule has 1 aromatic heterocycles. The van der Waals surface area contributed by atoms with Gasteiger partial charge in [0.05, 0.1) is 25.3 Å². The maximum absolute atomic E-state index is 13.5. The van der Waals surface area contributed by atoms with Crippen LogP contribution in [0.2, 0.25) is 0 Å². The number of benzene rings is 1. The molecule has 1 N–H and O–H groups in total. The summed E-state index contributed by atoms with van der Waals surface area (Å²) < 4.78 is 11.5. The van der Waals surface area contributed by atoms with Crippen molar-refractivity contribution >= 4 is 17.2 Å². The third-order valence-corrected chi connectivity index (χ3v) is 7.17. The van der Waals surface area contributed by atoms with E-state index in [9.17, 15) is 9.90 Å². The van der Waals surface area contributed by atoms with Crippen molar-refractivity contribution in [3.8, 4) is 5.75 Å². The van der Waals surface area contributed by atoms with Crippen molar-refractivity contribution in [1.29, 1.82) is 0 Å². The largest absolute Gasteiger partial charge is 0.491 e. The SMILES string of the molecule is CCOC[C@H](O)CN(CC(=O)N1CCc2sccc2[C@H]1COc1cccc(C)c1)C1CC1. The van der Waals surface area contributed by atoms with Crippen molar-refractivity contribution < 1.29 is 19.4 Å². The van der Waals surface area contributed by atoms with Crippen molar-refractivity contribution in [1.82, 2.24) is 9.80 Å². The average molecular weight is 459 g/mol. The maximum atomic E-state index is 13.5. The summed E-state index contributed by atoms with van der Waals surface area (Å²) in [5.41, 5.74) is 2.36. The molecule has 2 aliphatic rings. The molecule has 1 aliphatic heterocycles. The molecule has 2 atom stereocenters. The van der Waals surface area contributed by atoms with Gasteiger partial charge in [0.2, 0.25) is 5.91 Å². The first kappa shape index (κ1) is 23.2. The molecule has 0 unspecified atom stereocenters. The van der Waals surface area contributed by atoms with Crippen LogP contribution in [0, 0.1) is 6.92 Å². The van der Waals surface area contributed by atoms with Crippen LogP contribution in [0.1, 0.15) is 41.8 Å². The molecule has 0 spiro atoms. The molecule has 1 aliphatic carbocycles. The summed E-state index contributed by atoms with van der Waals surface area (Å²) in [6.45, 7) is 6.80. The molecule has 4 rings (SSSR count). The Balaban J connectivity index is 1.44. The fraction of sp³-hybridized carbons (Fsp3) is 0.560. The summed E-state index contributed by atoms with van der Waals surface area (Å²) in [4.78, 5) is 18.9. The van der Waals surface area contributed by atoms with E-state index in [2.05, 4.69) is 16.3 Å². The highest BCUT2D eigenvalue weighted by atomic mass is 32.1. The van der Waals surface area contributed by atoms with E-state index in [1.165, 1.54) is 10.4 Å². The molecular weight excluding hydrogens is 424 g/mol. The predicted octanol–water partition coefficient (Wildman–Crippen LogP) is 3.42. The van der Waals surface area contributed by atoms with Crippen LogP contribution >= 0.6 is 11.3 Å². The molecule has 174 valence electrons. The number of aliphatic hydroxyl groups is 1. The van der Waals surface area contributed by atoms with Gasteiger partial charge in [-0.1, -0.05) is 12.1 Å². The van der Waals surface area contributed by atoms with Crippen molar-refractivity contribution in [3.63, 3.8) is 0 Å². The molecule has 2 aromatic rings. The van der Waals surface area contributed by atoms with Crippen LogP contribution in [0.3, 0.4) is 0 Å². The van der Waals surface area contributed by atoms with Crippen LogP contribution in [0.25, 0.3) is 0 Å². The van der Waals surface area contributed by atoms with Gasteiger partial charge in [0.25, 0.3) is 0 Å². The van der Waals surface area contributed by atoms with Crippen molar-refractivity contribution in [2.45, 2.75) is 51.3 Å². The van der Waals surface area contributed by atoms with Gasteiger partial charge >= 0.3 is 0 Å². The Labute approximate surface area is 194 Å². The molecule has 0 saturated heterocycles. The van der Waals surface area contributed by atoms with E-state index in [-0.39, 0.29) is 11.9 Å². The number of fused-ring (bicyclic) bond motifs is 1. The standard InChI is InChI=1S/C25H34N2O4S/c1-3-30-16-20(28)14-26(19-7-8-19)15-25(29)27-11-9-24-22(10-12-32-24)23(27)17-31-21-6-4-5-18(2)13-21/h4-6,10,12-13,19-20,23,28H,3,7-9,11,14-17H2,1-2H3/t20-,23-/m1/s1. The van der Waals surface area contributed by atoms with E-state index >= 15 is 0 Å². The summed E-state index contributed by atoms with van der Waals surface area (Å²) >= 11 is 1.76. The summed E-state index contributed by atoms with van der Waals surface area (Å²) in [5.74, 6) is 0.939. The lowest BCUT2D eigenvalue weighted by atomic mass is 10.0. The van der Waals surface area contributed by atoms with Gasteiger partial charge in [0.1, 0.15) is 12.4 Å². The lowest BCUT2D eigenvalue weighted by Crippen LogP contribution is -2.48. The van der Waals surface area contributed by atoms with Gasteiger partial charge in [0, 0.05) is 30.6 Å². The molecule has 32 heavy (non-hydrogen) atoms. The average Bonchev–Trinajstić information content (AvgIpc) is 3.52. The number of carbonyl (C=O) groups is 1. The van der Waals surface area contributed by atoms with Crippen LogP contribution in [0.5, 0.6) is 5.75 Å². The lowest BCUT2D eigenvalue weighted by molar-refractivity contribution is -0.136. The monoisotopic (exact) mass is 458 g/mol. The summed E-state index contributed by atoms with van der Waals surface area (Å²) in [7, 11) is 0. The molecule has 1 saturated carbocycles. The second-order valence-corrected chi connectivity index (χ2v) is 9.75. The van der Waals surface area contributed by atoms with E-state index in [0.717, 1.165) is 30.6 Å². The molecule has 2 heterocycles. The van der Waals surface area contributed by atoms with Gasteiger partial charge in [-0.05, 0) is 67.8 Å². The fourth-order valence-electron chi connectivity index (χ4n) is 4.38. The highest BCUT2D eigenvalue weighted by Gasteiger charge is 2.36. The first-order chi connectivity index (χ1) is 15.5. The highest BCUT2D eigenvalue weighted by molar-refractivity contribution is 7.10. The second kappa shape index (κ2) is 10.8. The lowest BCUT2D eigenvalue weighted by Gasteiger charge is -2.37. The van der Waals surface area contributed by atoms with E-state index in [1.54, 1.807) is 11.3 Å². The number of aryl methyl sites for hydroxylation is 1. The number of aliphatic hydroxyl groups excluding tert-OH is 1. The van der Waals surface area contributed by atoms with Crippen LogP contribution in [-0.4, -0.2) is 72.4 Å². The quantitative estimate of drug-likeness (QED) is 0.559. The van der Waals surface area contributed by atoms with Crippen molar-refractivity contribution in [2.75, 3.05) is 39.5 Å². The zero-order chi connectivity index (χ0) is 22.5. The van der Waals surface area contributed by atoms with Crippen LogP contribution in [-0.2, 0) is 16.0 Å². The Kier molecular flexibility index (Phi) is 7.84. The zero-order valence-corrected chi connectivity index (χ0v) is 19.9. The van der Waals surface area contributed by atoms with Gasteiger partial charge in [0.15, 0.2) is 0 Å². The smallest absolute Gasteiger partial charge is 0.237 e. The number of hydrogen-bond acceptors (Lipinski definition) is 6. The summed E-state index contributed by atoms with van der Waals surface area (Å²) in [6, 6.07) is 10.5. The van der Waals surface area contributed by atoms with Gasteiger partial charge in [-0.15, -0.1) is 11.3 Å². The van der Waals surface area contributed by atoms with E-state index in [0.29, 0.717) is 45.5 Å². The topological polar surface area (TPSA) is 62.2 Å². The number of thiophene rings is 1. The molecule has 1 fully saturated rings. The number of rotatable bonds is 11. The van der Waals surface area contributed by atoms with Gasteiger partial charge < -0.3 is 19.5 Å². The number of amides is 1. The maximum Gasteiger partial charge on any atom is 0.237 e. The minimum atomic E-state index is -0.575. The Bertz CT molecular complexity index is 898.